The number of aryl methyl sites for hydroxylation is 4. The van der Waals surface area contributed by atoms with Gasteiger partial charge in [0, 0.05) is 34.7 Å². The van der Waals surface area contributed by atoms with Crippen LogP contribution in [0.4, 0.5) is 11.4 Å². The average molecular weight is 1010 g/mol. The van der Waals surface area contributed by atoms with Gasteiger partial charge in [0.05, 0.1) is 29.9 Å². The van der Waals surface area contributed by atoms with Crippen molar-refractivity contribution in [2.45, 2.75) is 61.3 Å². The largest absolute Gasteiger partial charge is 2.00 e. The van der Waals surface area contributed by atoms with Gasteiger partial charge in [0.1, 0.15) is 0 Å². The summed E-state index contributed by atoms with van der Waals surface area (Å²) in [7, 11) is 0.137. The van der Waals surface area contributed by atoms with E-state index in [9.17, 15) is 10.2 Å². The second-order valence-electron chi connectivity index (χ2n) is 17.9. The van der Waals surface area contributed by atoms with Crippen LogP contribution in [0, 0.1) is 27.7 Å². The Morgan fingerprint density at radius 1 is 0.431 bits per heavy atom. The van der Waals surface area contributed by atoms with E-state index in [0.717, 1.165) is 91.0 Å². The monoisotopic (exact) mass is 1010 g/mol. The van der Waals surface area contributed by atoms with Crippen molar-refractivity contribution in [3.05, 3.63) is 240 Å². The van der Waals surface area contributed by atoms with Crippen molar-refractivity contribution in [1.29, 1.82) is 0 Å². The summed E-state index contributed by atoms with van der Waals surface area (Å²) >= 11 is 0. The molecule has 0 aliphatic carbocycles. The topological polar surface area (TPSA) is 70.8 Å². The van der Waals surface area contributed by atoms with E-state index in [2.05, 4.69) is 107 Å². The van der Waals surface area contributed by atoms with Gasteiger partial charge in [-0.1, -0.05) is 191 Å². The quantitative estimate of drug-likeness (QED) is 0.0444. The predicted octanol–water partition coefficient (Wildman–Crippen LogP) is 16.6. The van der Waals surface area contributed by atoms with Gasteiger partial charge in [-0.25, -0.2) is 0 Å². The van der Waals surface area contributed by atoms with Gasteiger partial charge in [-0.3, -0.25) is 9.98 Å². The summed E-state index contributed by atoms with van der Waals surface area (Å²) < 4.78 is 0. The van der Waals surface area contributed by atoms with Crippen molar-refractivity contribution in [3.8, 4) is 56.0 Å². The van der Waals surface area contributed by atoms with Crippen molar-refractivity contribution >= 4 is 31.7 Å². The molecule has 4 nitrogen and oxygen atoms in total. The van der Waals surface area contributed by atoms with Crippen molar-refractivity contribution in [1.82, 2.24) is 0 Å². The van der Waals surface area contributed by atoms with Crippen LogP contribution < -0.4 is 10.2 Å². The third-order valence-corrected chi connectivity index (χ3v) is 15.5. The molecule has 0 saturated heterocycles. The number of benzene rings is 8. The average Bonchev–Trinajstić information content (AvgIpc) is 3.39. The summed E-state index contributed by atoms with van der Waals surface area (Å²) in [6.07, 6.45) is 13.2. The molecule has 0 unspecified atom stereocenters. The SMILES string of the molecule is C=CCc1cc(-c2ccccc2)c(N=Cc2cc(C)cc(C)c2[O-])c(-c2ccccc2)c1.C=CCc1cc(-c2ccccc2)c(N=Cc2cc(C)cc(C)c2[O-])c(-c2ccccc2)c1.CC[PH+](CC)CC.[Ni+2]. The van der Waals surface area contributed by atoms with Crippen molar-refractivity contribution in [3.63, 3.8) is 0 Å². The van der Waals surface area contributed by atoms with E-state index in [1.54, 1.807) is 12.4 Å². The first-order valence-electron chi connectivity index (χ1n) is 24.7. The van der Waals surface area contributed by atoms with Gasteiger partial charge >= 0.3 is 16.5 Å². The van der Waals surface area contributed by atoms with Gasteiger partial charge in [-0.05, 0) is 138 Å². The second kappa shape index (κ2) is 28.2. The molecule has 0 N–H and O–H groups in total. The number of rotatable bonds is 15. The summed E-state index contributed by atoms with van der Waals surface area (Å²) in [5.41, 5.74) is 17.4. The molecule has 8 rings (SSSR count). The Morgan fingerprint density at radius 2 is 0.708 bits per heavy atom. The summed E-state index contributed by atoms with van der Waals surface area (Å²) in [5.74, 6) is 0.0373. The zero-order valence-corrected chi connectivity index (χ0v) is 44.9. The number of nitrogens with zero attached hydrogens (tertiary/aromatic N) is 2. The number of allylic oxidation sites excluding steroid dienone is 2. The zero-order chi connectivity index (χ0) is 50.7. The van der Waals surface area contributed by atoms with Gasteiger partial charge in [0.2, 0.25) is 0 Å². The Hall–Kier alpha value is -6.90. The molecule has 0 heterocycles. The van der Waals surface area contributed by atoms with Gasteiger partial charge < -0.3 is 10.2 Å². The van der Waals surface area contributed by atoms with Crippen LogP contribution in [0.3, 0.4) is 0 Å². The number of aliphatic imine (C=N–C) groups is 2. The van der Waals surface area contributed by atoms with Crippen LogP contribution in [0.25, 0.3) is 44.5 Å². The van der Waals surface area contributed by atoms with Gasteiger partial charge in [-0.2, -0.15) is 0 Å². The smallest absolute Gasteiger partial charge is 0.872 e. The zero-order valence-electron chi connectivity index (χ0n) is 43.0. The van der Waals surface area contributed by atoms with Gasteiger partial charge in [0.15, 0.2) is 0 Å². The van der Waals surface area contributed by atoms with Crippen LogP contribution in [0.1, 0.15) is 65.3 Å². The molecule has 72 heavy (non-hydrogen) atoms. The minimum Gasteiger partial charge on any atom is -0.872 e. The summed E-state index contributed by atoms with van der Waals surface area (Å²) in [6.45, 7) is 22.5. The van der Waals surface area contributed by atoms with Crippen molar-refractivity contribution in [2.75, 3.05) is 18.5 Å². The molecule has 0 amide bonds. The predicted molar refractivity (Wildman–Crippen MR) is 308 cm³/mol. The van der Waals surface area contributed by atoms with E-state index in [1.165, 1.54) is 29.6 Å². The Labute approximate surface area is 441 Å². The fraction of sp³-hybridized carbons (Fsp3) is 0.182. The van der Waals surface area contributed by atoms with Crippen molar-refractivity contribution < 1.29 is 26.7 Å². The Kier molecular flexibility index (Phi) is 22.0. The molecule has 0 bridgehead atoms. The van der Waals surface area contributed by atoms with E-state index in [0.29, 0.717) is 11.1 Å². The van der Waals surface area contributed by atoms with E-state index < -0.39 is 0 Å². The molecule has 0 aromatic heterocycles. The standard InChI is InChI=1S/2C30H27NO.C6H15P.Ni/c2*1-4-11-23-18-27(24-12-7-5-8-13-24)29(28(19-23)25-14-9-6-10-15-25)31-20-26-17-21(2)16-22(3)30(26)32;1-4-7(5-2)6-3;/h2*4-10,12-20,32H,1,11H2,2-3H3;4-6H2,1-3H3;/q;;;+2/p-1. The number of hydrogen-bond acceptors (Lipinski definition) is 4. The van der Waals surface area contributed by atoms with Crippen LogP contribution in [0.5, 0.6) is 11.5 Å². The summed E-state index contributed by atoms with van der Waals surface area (Å²) in [6, 6.07) is 57.4. The molecule has 8 aromatic rings. The van der Waals surface area contributed by atoms with E-state index in [-0.39, 0.29) is 35.9 Å². The molecule has 0 aliphatic heterocycles. The van der Waals surface area contributed by atoms with Crippen LogP contribution in [-0.2, 0) is 29.3 Å². The fourth-order valence-corrected chi connectivity index (χ4v) is 10.3. The summed E-state index contributed by atoms with van der Waals surface area (Å²) in [4.78, 5) is 9.85. The Balaban J connectivity index is 0.000000233. The van der Waals surface area contributed by atoms with E-state index in [1.807, 2.05) is 137 Å². The normalized spacial score (nSPS) is 10.8. The minimum atomic E-state index is 0. The molecule has 6 heteroatoms. The van der Waals surface area contributed by atoms with Gasteiger partial charge in [0.25, 0.3) is 0 Å². The van der Waals surface area contributed by atoms with Crippen LogP contribution in [-0.4, -0.2) is 30.9 Å². The molecule has 0 radical (unpaired) electrons. The molecule has 0 aliphatic rings. The molecular weight excluding hydrogens is 942 g/mol. The van der Waals surface area contributed by atoms with E-state index in [4.69, 9.17) is 9.98 Å². The van der Waals surface area contributed by atoms with E-state index >= 15 is 0 Å². The molecule has 368 valence electrons. The minimum absolute atomic E-state index is 0. The molecule has 0 spiro atoms. The Bertz CT molecular complexity index is 2740. The molecule has 8 aromatic carbocycles. The Morgan fingerprint density at radius 3 is 0.944 bits per heavy atom. The first-order chi connectivity index (χ1) is 34.5. The van der Waals surface area contributed by atoms with Gasteiger partial charge in [-0.15, -0.1) is 13.2 Å². The molecule has 0 saturated carbocycles. The maximum Gasteiger partial charge on any atom is 2.00 e. The number of hydrogen-bond donors (Lipinski definition) is 0. The molecule has 0 atom stereocenters. The van der Waals surface area contributed by atoms with Crippen molar-refractivity contribution in [2.24, 2.45) is 9.98 Å². The molecular formula is C66H68N2NiO2P+. The fourth-order valence-electron chi connectivity index (χ4n) is 8.77. The van der Waals surface area contributed by atoms with Crippen LogP contribution in [0.2, 0.25) is 0 Å². The maximum absolute atomic E-state index is 12.7. The third-order valence-electron chi connectivity index (χ3n) is 12.5. The summed E-state index contributed by atoms with van der Waals surface area (Å²) in [5, 5.41) is 25.4. The van der Waals surface area contributed by atoms with Crippen LogP contribution in [0.15, 0.2) is 205 Å². The first kappa shape index (κ1) is 56.0. The first-order valence-corrected chi connectivity index (χ1v) is 26.9. The molecule has 0 fully saturated rings. The maximum atomic E-state index is 12.7. The second-order valence-corrected chi connectivity index (χ2v) is 21.5. The third kappa shape index (κ3) is 15.1. The van der Waals surface area contributed by atoms with Crippen LogP contribution >= 0.6 is 7.92 Å².